The summed E-state index contributed by atoms with van der Waals surface area (Å²) in [6.07, 6.45) is 9.04. The number of aliphatic hydroxyl groups is 1. The second kappa shape index (κ2) is 14.7. The number of hydrogen-bond acceptors (Lipinski definition) is 5. The van der Waals surface area contributed by atoms with E-state index in [2.05, 4.69) is 20.7 Å². The van der Waals surface area contributed by atoms with Gasteiger partial charge in [-0.2, -0.15) is 0 Å². The molecule has 4 N–H and O–H groups in total. The molecule has 3 rings (SSSR count). The molecule has 8 nitrogen and oxygen atoms in total. The molecule has 214 valence electrons. The van der Waals surface area contributed by atoms with Crippen molar-refractivity contribution in [2.24, 2.45) is 11.8 Å². The number of methoxy groups -OCH3 is 1. The highest BCUT2D eigenvalue weighted by molar-refractivity contribution is 5.74. The standard InChI is InChI=1S/C29H47FN4O4/c1-21-15-24(18-25(30)16-21)29(37,12-8-13-32-28(36)38-3)23-11-7-14-34(20-23)27(35)33-26(19-31-2)17-22-9-5-4-6-10-22/h15-16,18,22-23,26,31,37H,4-14,17,19-20H2,1-3H3,(H,32,36)(H,33,35)/t23-,26+,29+/m1/s1. The van der Waals surface area contributed by atoms with E-state index in [1.165, 1.54) is 51.3 Å². The normalized spacial score (nSPS) is 20.9. The first-order chi connectivity index (χ1) is 18.2. The second-order valence-electron chi connectivity index (χ2n) is 11.2. The molecule has 1 heterocycles. The Morgan fingerprint density at radius 2 is 1.95 bits per heavy atom. The van der Waals surface area contributed by atoms with Gasteiger partial charge in [-0.3, -0.25) is 0 Å². The maximum atomic E-state index is 14.4. The van der Waals surface area contributed by atoms with Crippen LogP contribution in [0.1, 0.15) is 75.3 Å². The first-order valence-electron chi connectivity index (χ1n) is 14.3. The Bertz CT molecular complexity index is 890. The third kappa shape index (κ3) is 8.56. The summed E-state index contributed by atoms with van der Waals surface area (Å²) in [5.74, 6) is -0.00651. The Morgan fingerprint density at radius 1 is 1.18 bits per heavy atom. The van der Waals surface area contributed by atoms with Crippen LogP contribution in [0.5, 0.6) is 0 Å². The van der Waals surface area contributed by atoms with Crippen LogP contribution in [0.4, 0.5) is 14.0 Å². The molecule has 0 radical (unpaired) electrons. The molecular formula is C29H47FN4O4. The molecule has 0 unspecified atom stereocenters. The zero-order chi connectivity index (χ0) is 27.5. The Balaban J connectivity index is 1.71. The first-order valence-corrected chi connectivity index (χ1v) is 14.3. The average molecular weight is 535 g/mol. The number of benzene rings is 1. The third-order valence-electron chi connectivity index (χ3n) is 8.24. The fourth-order valence-electron chi connectivity index (χ4n) is 6.27. The molecule has 0 bridgehead atoms. The fourth-order valence-corrected chi connectivity index (χ4v) is 6.27. The van der Waals surface area contributed by atoms with Gasteiger partial charge in [-0.05, 0) is 75.3 Å². The van der Waals surface area contributed by atoms with Gasteiger partial charge in [-0.15, -0.1) is 0 Å². The van der Waals surface area contributed by atoms with E-state index in [1.807, 2.05) is 18.0 Å². The predicted octanol–water partition coefficient (Wildman–Crippen LogP) is 4.44. The van der Waals surface area contributed by atoms with Gasteiger partial charge in [0.25, 0.3) is 0 Å². The van der Waals surface area contributed by atoms with E-state index in [1.54, 1.807) is 6.92 Å². The molecular weight excluding hydrogens is 487 g/mol. The number of halogens is 1. The summed E-state index contributed by atoms with van der Waals surface area (Å²) in [5.41, 5.74) is -0.0874. The number of nitrogens with one attached hydrogen (secondary N) is 3. The number of alkyl carbamates (subject to hydrolysis) is 1. The Labute approximate surface area is 227 Å². The average Bonchev–Trinajstić information content (AvgIpc) is 2.91. The summed E-state index contributed by atoms with van der Waals surface area (Å²) in [4.78, 5) is 26.7. The largest absolute Gasteiger partial charge is 0.453 e. The van der Waals surface area contributed by atoms with Gasteiger partial charge in [-0.25, -0.2) is 14.0 Å². The lowest BCUT2D eigenvalue weighted by atomic mass is 9.74. The number of nitrogens with zero attached hydrogens (tertiary/aromatic N) is 1. The molecule has 1 saturated heterocycles. The maximum absolute atomic E-state index is 14.4. The van der Waals surface area contributed by atoms with Crippen molar-refractivity contribution >= 4 is 12.1 Å². The highest BCUT2D eigenvalue weighted by Crippen LogP contribution is 2.40. The van der Waals surface area contributed by atoms with Gasteiger partial charge in [0.15, 0.2) is 0 Å². The van der Waals surface area contributed by atoms with Gasteiger partial charge in [0.2, 0.25) is 0 Å². The van der Waals surface area contributed by atoms with E-state index in [0.717, 1.165) is 31.4 Å². The van der Waals surface area contributed by atoms with Gasteiger partial charge in [0.1, 0.15) is 5.82 Å². The molecule has 3 amide bonds. The van der Waals surface area contributed by atoms with Crippen molar-refractivity contribution in [1.29, 1.82) is 0 Å². The zero-order valence-corrected chi connectivity index (χ0v) is 23.4. The van der Waals surface area contributed by atoms with Crippen molar-refractivity contribution in [3.8, 4) is 0 Å². The molecule has 2 aliphatic rings. The number of likely N-dealkylation sites (tertiary alicyclic amines) is 1. The van der Waals surface area contributed by atoms with Gasteiger partial charge >= 0.3 is 12.1 Å². The Kier molecular flexibility index (Phi) is 11.6. The number of carbonyl (C=O) groups excluding carboxylic acids is 2. The number of likely N-dealkylation sites (N-methyl/N-ethyl adjacent to an activating group) is 1. The van der Waals surface area contributed by atoms with Crippen molar-refractivity contribution in [2.75, 3.05) is 40.3 Å². The second-order valence-corrected chi connectivity index (χ2v) is 11.2. The van der Waals surface area contributed by atoms with E-state index >= 15 is 0 Å². The van der Waals surface area contributed by atoms with Gasteiger partial charge in [0, 0.05) is 38.1 Å². The molecule has 0 spiro atoms. The smallest absolute Gasteiger partial charge is 0.406 e. The number of rotatable bonds is 11. The molecule has 1 aromatic rings. The third-order valence-corrected chi connectivity index (χ3v) is 8.24. The van der Waals surface area contributed by atoms with Gasteiger partial charge in [-0.1, -0.05) is 38.2 Å². The minimum atomic E-state index is -1.34. The summed E-state index contributed by atoms with van der Waals surface area (Å²) >= 11 is 0. The van der Waals surface area contributed by atoms with E-state index in [9.17, 15) is 19.1 Å². The molecule has 1 aromatic carbocycles. The van der Waals surface area contributed by atoms with Crippen LogP contribution in [-0.2, 0) is 10.3 Å². The monoisotopic (exact) mass is 534 g/mol. The lowest BCUT2D eigenvalue weighted by Gasteiger charge is -2.43. The SMILES string of the molecule is CNC[C@H](CC1CCCCC1)NC(=O)N1CCC[C@@H]([C@@](O)(CCCNC(=O)OC)c2cc(C)cc(F)c2)C1. The van der Waals surface area contributed by atoms with Crippen molar-refractivity contribution in [3.05, 3.63) is 35.1 Å². The topological polar surface area (TPSA) is 103 Å². The van der Waals surface area contributed by atoms with Crippen LogP contribution in [0.3, 0.4) is 0 Å². The Hall–Kier alpha value is -2.39. The summed E-state index contributed by atoms with van der Waals surface area (Å²) in [6, 6.07) is 4.62. The van der Waals surface area contributed by atoms with E-state index < -0.39 is 17.5 Å². The molecule has 2 fully saturated rings. The maximum Gasteiger partial charge on any atom is 0.406 e. The highest BCUT2D eigenvalue weighted by Gasteiger charge is 2.41. The van der Waals surface area contributed by atoms with Crippen LogP contribution in [-0.4, -0.2) is 68.5 Å². The lowest BCUT2D eigenvalue weighted by molar-refractivity contribution is -0.0555. The number of ether oxygens (including phenoxy) is 1. The van der Waals surface area contributed by atoms with E-state index in [4.69, 9.17) is 0 Å². The number of carbonyl (C=O) groups is 2. The first kappa shape index (κ1) is 30.2. The molecule has 1 aliphatic heterocycles. The molecule has 1 aliphatic carbocycles. The minimum Gasteiger partial charge on any atom is -0.453 e. The van der Waals surface area contributed by atoms with Gasteiger partial charge < -0.3 is 30.7 Å². The van der Waals surface area contributed by atoms with Crippen LogP contribution in [0, 0.1) is 24.6 Å². The molecule has 1 saturated carbocycles. The summed E-state index contributed by atoms with van der Waals surface area (Å²) in [7, 11) is 3.21. The Morgan fingerprint density at radius 3 is 2.63 bits per heavy atom. The fraction of sp³-hybridized carbons (Fsp3) is 0.724. The van der Waals surface area contributed by atoms with Crippen LogP contribution >= 0.6 is 0 Å². The quantitative estimate of drug-likeness (QED) is 0.315. The lowest BCUT2D eigenvalue weighted by Crippen LogP contribution is -2.54. The van der Waals surface area contributed by atoms with E-state index in [0.29, 0.717) is 44.0 Å². The van der Waals surface area contributed by atoms with E-state index in [-0.39, 0.29) is 18.0 Å². The number of hydrogen-bond donors (Lipinski definition) is 4. The number of aryl methyl sites for hydroxylation is 1. The van der Waals surface area contributed by atoms with Crippen LogP contribution in [0.2, 0.25) is 0 Å². The van der Waals surface area contributed by atoms with Crippen molar-refractivity contribution in [1.82, 2.24) is 20.9 Å². The summed E-state index contributed by atoms with van der Waals surface area (Å²) in [5, 5.41) is 21.2. The number of amides is 3. The molecule has 38 heavy (non-hydrogen) atoms. The van der Waals surface area contributed by atoms with Crippen LogP contribution in [0.15, 0.2) is 18.2 Å². The molecule has 3 atom stereocenters. The minimum absolute atomic E-state index is 0.0603. The summed E-state index contributed by atoms with van der Waals surface area (Å²) < 4.78 is 19.0. The van der Waals surface area contributed by atoms with Crippen molar-refractivity contribution in [2.45, 2.75) is 82.8 Å². The van der Waals surface area contributed by atoms with Crippen LogP contribution in [0.25, 0.3) is 0 Å². The van der Waals surface area contributed by atoms with Crippen molar-refractivity contribution < 1.29 is 23.8 Å². The summed E-state index contributed by atoms with van der Waals surface area (Å²) in [6.45, 7) is 3.87. The highest BCUT2D eigenvalue weighted by atomic mass is 19.1. The number of piperidine rings is 1. The van der Waals surface area contributed by atoms with Crippen LogP contribution < -0.4 is 16.0 Å². The number of urea groups is 1. The van der Waals surface area contributed by atoms with Gasteiger partial charge in [0.05, 0.1) is 12.7 Å². The van der Waals surface area contributed by atoms with Crippen molar-refractivity contribution in [3.63, 3.8) is 0 Å². The zero-order valence-electron chi connectivity index (χ0n) is 23.4. The molecule has 0 aromatic heterocycles. The predicted molar refractivity (Wildman–Crippen MR) is 146 cm³/mol. The molecule has 9 heteroatoms.